The number of thiazole rings is 2. The van der Waals surface area contributed by atoms with Crippen molar-refractivity contribution in [1.82, 2.24) is 39.7 Å². The molecule has 14 nitrogen and oxygen atoms in total. The summed E-state index contributed by atoms with van der Waals surface area (Å²) in [5.74, 6) is 0.647. The number of nitrogens with one attached hydrogen (secondary N) is 2. The van der Waals surface area contributed by atoms with Gasteiger partial charge in [-0.05, 0) is 0 Å². The third-order valence-electron chi connectivity index (χ3n) is 7.57. The van der Waals surface area contributed by atoms with Gasteiger partial charge in [0.05, 0.1) is 51.2 Å². The monoisotopic (exact) mass is 734 g/mol. The first-order chi connectivity index (χ1) is 24.2. The predicted octanol–water partition coefficient (Wildman–Crippen LogP) is 3.94. The summed E-state index contributed by atoms with van der Waals surface area (Å²) in [7, 11) is 0. The highest BCUT2D eigenvalue weighted by Crippen LogP contribution is 2.23. The molecule has 50 heavy (non-hydrogen) atoms. The highest BCUT2D eigenvalue weighted by molar-refractivity contribution is 7.16. The lowest BCUT2D eigenvalue weighted by atomic mass is 10.1. The number of hydrogen-bond donors (Lipinski definition) is 2. The van der Waals surface area contributed by atoms with Crippen LogP contribution in [0.5, 0.6) is 0 Å². The Kier molecular flexibility index (Phi) is 14.1. The van der Waals surface area contributed by atoms with Crippen LogP contribution in [-0.4, -0.2) is 104 Å². The number of aromatic nitrogens is 6. The molecule has 272 valence electrons. The molecule has 4 aromatic rings. The minimum absolute atomic E-state index is 0. The molecule has 2 fully saturated rings. The van der Waals surface area contributed by atoms with Gasteiger partial charge in [-0.25, -0.2) is 38.7 Å². The molecule has 0 aromatic carbocycles. The molecule has 0 bridgehead atoms. The smallest absolute Gasteiger partial charge is 0.223 e. The third-order valence-corrected chi connectivity index (χ3v) is 9.36. The van der Waals surface area contributed by atoms with E-state index in [2.05, 4.69) is 50.3 Å². The van der Waals surface area contributed by atoms with E-state index in [1.165, 1.54) is 61.3 Å². The first-order valence-corrected chi connectivity index (χ1v) is 17.8. The summed E-state index contributed by atoms with van der Waals surface area (Å²) in [6.45, 7) is 10.4. The summed E-state index contributed by atoms with van der Waals surface area (Å²) in [5.41, 5.74) is 0. The van der Waals surface area contributed by atoms with Crippen molar-refractivity contribution < 1.29 is 30.7 Å². The zero-order valence-corrected chi connectivity index (χ0v) is 29.5. The second-order valence-electron chi connectivity index (χ2n) is 12.0. The first kappa shape index (κ1) is 37.3. The number of amides is 2. The molecule has 0 unspecified atom stereocenters. The Morgan fingerprint density at radius 2 is 1.12 bits per heavy atom. The Labute approximate surface area is 299 Å². The van der Waals surface area contributed by atoms with Gasteiger partial charge in [0.15, 0.2) is 21.9 Å². The average Bonchev–Trinajstić information content (AvgIpc) is 3.55. The highest BCUT2D eigenvalue weighted by atomic mass is 32.1. The fourth-order valence-electron chi connectivity index (χ4n) is 5.46. The van der Waals surface area contributed by atoms with Gasteiger partial charge in [0.2, 0.25) is 11.8 Å². The van der Waals surface area contributed by atoms with E-state index in [0.717, 1.165) is 49.0 Å². The second kappa shape index (κ2) is 18.9. The van der Waals surface area contributed by atoms with E-state index in [0.29, 0.717) is 61.2 Å². The average molecular weight is 735 g/mol. The van der Waals surface area contributed by atoms with Gasteiger partial charge >= 0.3 is 0 Å². The van der Waals surface area contributed by atoms with Crippen LogP contribution in [0.3, 0.4) is 0 Å². The minimum atomic E-state index is -0.428. The molecule has 2 aliphatic rings. The maximum atomic E-state index is 12.9. The molecule has 4 aromatic heterocycles. The lowest BCUT2D eigenvalue weighted by Gasteiger charge is -2.22. The molecule has 2 amide bonds. The van der Waals surface area contributed by atoms with Crippen molar-refractivity contribution in [3.05, 3.63) is 70.2 Å². The summed E-state index contributed by atoms with van der Waals surface area (Å²) >= 11 is 2.95. The number of carbonyl (C=O) groups excluding carboxylic acids is 2. The number of carbonyl (C=O) groups is 2. The largest absolute Gasteiger partial charge is 0.380 e. The van der Waals surface area contributed by atoms with Gasteiger partial charge in [0.1, 0.15) is 11.6 Å². The Morgan fingerprint density at radius 3 is 1.50 bits per heavy atom. The molecular weight excluding hydrogens is 691 g/mol. The molecule has 2 atom stereocenters. The topological polar surface area (TPSA) is 160 Å². The summed E-state index contributed by atoms with van der Waals surface area (Å²) < 4.78 is 37.2. The number of halogens is 2. The van der Waals surface area contributed by atoms with Crippen LogP contribution in [0.15, 0.2) is 37.2 Å². The van der Waals surface area contributed by atoms with Crippen LogP contribution in [0.1, 0.15) is 38.1 Å². The maximum absolute atomic E-state index is 12.9. The molecular formula is C32H44F2N10O4S2. The van der Waals surface area contributed by atoms with Crippen LogP contribution in [0, 0.1) is 23.5 Å². The summed E-state index contributed by atoms with van der Waals surface area (Å²) in [5, 5.41) is 6.63. The van der Waals surface area contributed by atoms with Gasteiger partial charge in [-0.1, -0.05) is 0 Å². The Morgan fingerprint density at radius 1 is 0.720 bits per heavy atom. The van der Waals surface area contributed by atoms with E-state index in [1.807, 2.05) is 0 Å². The number of nitrogens with zero attached hydrogens (tertiary/aromatic N) is 8. The van der Waals surface area contributed by atoms with Crippen molar-refractivity contribution in [2.75, 3.05) is 63.2 Å². The summed E-state index contributed by atoms with van der Waals surface area (Å²) in [6, 6.07) is 0. The van der Waals surface area contributed by atoms with E-state index in [9.17, 15) is 18.4 Å². The van der Waals surface area contributed by atoms with Gasteiger partial charge in [0.25, 0.3) is 0 Å². The molecule has 2 aliphatic heterocycles. The zero-order valence-electron chi connectivity index (χ0n) is 27.9. The van der Waals surface area contributed by atoms with Gasteiger partial charge in [0, 0.05) is 103 Å². The van der Waals surface area contributed by atoms with Crippen LogP contribution in [0.4, 0.5) is 19.0 Å². The predicted molar refractivity (Wildman–Crippen MR) is 188 cm³/mol. The van der Waals surface area contributed by atoms with Crippen molar-refractivity contribution in [2.24, 2.45) is 11.8 Å². The Bertz CT molecular complexity index is 1550. The van der Waals surface area contributed by atoms with Crippen molar-refractivity contribution >= 4 is 44.8 Å². The van der Waals surface area contributed by atoms with E-state index >= 15 is 0 Å². The Hall–Kier alpha value is -3.94. The van der Waals surface area contributed by atoms with E-state index in [-0.39, 0.29) is 26.5 Å². The lowest BCUT2D eigenvalue weighted by Crippen LogP contribution is -2.30. The molecule has 6 rings (SSSR count). The number of rotatable bonds is 10. The minimum Gasteiger partial charge on any atom is -0.380 e. The summed E-state index contributed by atoms with van der Waals surface area (Å²) in [4.78, 5) is 53.5. The van der Waals surface area contributed by atoms with Crippen molar-refractivity contribution in [3.63, 3.8) is 0 Å². The number of ether oxygens (including phenoxy) is 2. The molecule has 0 aliphatic carbocycles. The van der Waals surface area contributed by atoms with Crippen molar-refractivity contribution in [1.29, 1.82) is 0 Å². The number of hydrogen-bond acceptors (Lipinski definition) is 14. The van der Waals surface area contributed by atoms with Gasteiger partial charge in [-0.15, -0.1) is 22.7 Å². The van der Waals surface area contributed by atoms with Crippen LogP contribution in [0.2, 0.25) is 0 Å². The fourth-order valence-corrected chi connectivity index (χ4v) is 7.27. The fraction of sp³-hybridized carbons (Fsp3) is 0.500. The molecule has 6 heterocycles. The van der Waals surface area contributed by atoms with Gasteiger partial charge < -0.3 is 20.1 Å². The molecule has 18 heteroatoms. The van der Waals surface area contributed by atoms with Crippen LogP contribution < -0.4 is 10.6 Å². The van der Waals surface area contributed by atoms with Crippen LogP contribution in [0.25, 0.3) is 0 Å². The maximum Gasteiger partial charge on any atom is 0.223 e. The van der Waals surface area contributed by atoms with E-state index < -0.39 is 11.6 Å². The molecule has 0 radical (unpaired) electrons. The third kappa shape index (κ3) is 12.7. The van der Waals surface area contributed by atoms with Crippen molar-refractivity contribution in [2.45, 2.75) is 39.8 Å². The normalized spacial score (nSPS) is 18.7. The quantitative estimate of drug-likeness (QED) is 0.242. The zero-order chi connectivity index (χ0) is 35.3. The van der Waals surface area contributed by atoms with Crippen LogP contribution >= 0.6 is 22.7 Å². The van der Waals surface area contributed by atoms with Gasteiger partial charge in [-0.3, -0.25) is 19.4 Å². The molecule has 2 N–H and O–H groups in total. The summed E-state index contributed by atoms with van der Waals surface area (Å²) in [6.07, 6.45) is 9.65. The van der Waals surface area contributed by atoms with Crippen molar-refractivity contribution in [3.8, 4) is 0 Å². The van der Waals surface area contributed by atoms with Crippen LogP contribution in [-0.2, 0) is 45.0 Å². The van der Waals surface area contributed by atoms with E-state index in [1.54, 1.807) is 12.4 Å². The lowest BCUT2D eigenvalue weighted by molar-refractivity contribution is -0.115. The number of anilines is 2. The van der Waals surface area contributed by atoms with Gasteiger partial charge in [-0.2, -0.15) is 0 Å². The van der Waals surface area contributed by atoms with E-state index in [4.69, 9.17) is 9.47 Å². The molecule has 2 saturated heterocycles. The first-order valence-electron chi connectivity index (χ1n) is 16.1. The second-order valence-corrected chi connectivity index (χ2v) is 14.3. The molecule has 0 spiro atoms. The Balaban J connectivity index is 0.000000270. The SMILES string of the molecule is CC(=O)Nc1ncc(CN2CCOC[C@@H](Cc3ncc(F)cn3)C2)s1.CC(=O)Nc1ncc(CN2CCOC[C@H](Cc3ncc(F)cn3)C2)s1.[HH].[HH]. The molecule has 0 saturated carbocycles. The highest BCUT2D eigenvalue weighted by Gasteiger charge is 2.22. The standard InChI is InChI=1S/2C16H20FN5O2S.2H2/c2*1-11(23)21-16-20-7-14(25-16)9-22-2-3-24-10-12(8-22)4-15-18-5-13(17)6-19-15;;/h2*5-7,12H,2-4,8-10H2,1H3,(H,20,21,23);2*1H/t2*12-;;/m10../s1.